The van der Waals surface area contributed by atoms with E-state index in [9.17, 15) is 10.2 Å². The highest BCUT2D eigenvalue weighted by atomic mass is 16.5. The number of likely N-dealkylation sites (tertiary alicyclic amines) is 1. The second kappa shape index (κ2) is 6.39. The van der Waals surface area contributed by atoms with Crippen LogP contribution in [-0.2, 0) is 4.74 Å². The lowest BCUT2D eigenvalue weighted by Crippen LogP contribution is -2.64. The highest BCUT2D eigenvalue weighted by molar-refractivity contribution is 5.24. The van der Waals surface area contributed by atoms with E-state index in [0.717, 1.165) is 32.5 Å². The molecule has 1 spiro atoms. The Balaban J connectivity index is 1.65. The Bertz CT molecular complexity index is 501. The average Bonchev–Trinajstić information content (AvgIpc) is 2.50. The molecule has 2 saturated heterocycles. The summed E-state index contributed by atoms with van der Waals surface area (Å²) in [7, 11) is 0. The van der Waals surface area contributed by atoms with Gasteiger partial charge in [-0.2, -0.15) is 0 Å². The number of aliphatic hydroxyl groups excluding tert-OH is 1. The predicted octanol–water partition coefficient (Wildman–Crippen LogP) is 2.88. The number of hydrogen-bond acceptors (Lipinski definition) is 4. The van der Waals surface area contributed by atoms with Crippen LogP contribution < -0.4 is 0 Å². The van der Waals surface area contributed by atoms with Crippen molar-refractivity contribution in [2.45, 2.75) is 83.5 Å². The number of hydrogen-bond donors (Lipinski definition) is 2. The van der Waals surface area contributed by atoms with E-state index in [1.807, 2.05) is 0 Å². The van der Waals surface area contributed by atoms with Gasteiger partial charge in [0.1, 0.15) is 6.10 Å². The Kier molecular flexibility index (Phi) is 4.89. The number of aliphatic hydroxyl groups is 2. The molecule has 2 fully saturated rings. The zero-order valence-electron chi connectivity index (χ0n) is 15.9. The van der Waals surface area contributed by atoms with Crippen molar-refractivity contribution in [1.82, 2.24) is 4.90 Å². The zero-order valence-corrected chi connectivity index (χ0v) is 15.9. The minimum atomic E-state index is -1.02. The average molecular weight is 338 g/mol. The number of allylic oxidation sites excluding steroid dienone is 1. The predicted molar refractivity (Wildman–Crippen MR) is 95.9 cm³/mol. The van der Waals surface area contributed by atoms with Gasteiger partial charge in [0.25, 0.3) is 0 Å². The standard InChI is InChI=1S/C20H35NO3/c1-15-6-5-7-18(2,3)16(15)14-21-11-8-20(9-12-21)17(22)19(4,23)10-13-24-20/h17,22-23H,5-14H2,1-4H3/t17-,19+/m0/s1. The van der Waals surface area contributed by atoms with Crippen LogP contribution >= 0.6 is 0 Å². The maximum Gasteiger partial charge on any atom is 0.111 e. The van der Waals surface area contributed by atoms with E-state index >= 15 is 0 Å². The van der Waals surface area contributed by atoms with Gasteiger partial charge in [-0.25, -0.2) is 0 Å². The summed E-state index contributed by atoms with van der Waals surface area (Å²) in [6.07, 6.45) is 5.16. The van der Waals surface area contributed by atoms with Crippen molar-refractivity contribution in [1.29, 1.82) is 0 Å². The molecule has 0 aromatic rings. The van der Waals surface area contributed by atoms with Crippen LogP contribution in [-0.4, -0.2) is 58.7 Å². The Morgan fingerprint density at radius 1 is 1.12 bits per heavy atom. The number of rotatable bonds is 2. The van der Waals surface area contributed by atoms with Crippen LogP contribution in [0.3, 0.4) is 0 Å². The van der Waals surface area contributed by atoms with Crippen LogP contribution in [0.2, 0.25) is 0 Å². The smallest absolute Gasteiger partial charge is 0.111 e. The number of piperidine rings is 1. The monoisotopic (exact) mass is 337 g/mol. The molecule has 0 bridgehead atoms. The van der Waals surface area contributed by atoms with Crippen molar-refractivity contribution in [3.8, 4) is 0 Å². The molecule has 0 radical (unpaired) electrons. The molecule has 3 rings (SSSR count). The summed E-state index contributed by atoms with van der Waals surface area (Å²) < 4.78 is 6.01. The summed E-state index contributed by atoms with van der Waals surface area (Å²) in [6, 6.07) is 0. The van der Waals surface area contributed by atoms with Crippen LogP contribution in [0.4, 0.5) is 0 Å². The van der Waals surface area contributed by atoms with Crippen LogP contribution in [0.5, 0.6) is 0 Å². The molecular formula is C20H35NO3. The van der Waals surface area contributed by atoms with E-state index in [0.29, 0.717) is 18.4 Å². The quantitative estimate of drug-likeness (QED) is 0.761. The largest absolute Gasteiger partial charge is 0.387 e. The first kappa shape index (κ1) is 18.4. The van der Waals surface area contributed by atoms with Crippen molar-refractivity contribution in [2.24, 2.45) is 5.41 Å². The highest BCUT2D eigenvalue weighted by Gasteiger charge is 2.52. The summed E-state index contributed by atoms with van der Waals surface area (Å²) in [6.45, 7) is 12.2. The van der Waals surface area contributed by atoms with E-state index in [2.05, 4.69) is 25.7 Å². The topological polar surface area (TPSA) is 52.9 Å². The molecule has 2 atom stereocenters. The fourth-order valence-corrected chi connectivity index (χ4v) is 5.00. The molecule has 24 heavy (non-hydrogen) atoms. The highest BCUT2D eigenvalue weighted by Crippen LogP contribution is 2.43. The van der Waals surface area contributed by atoms with E-state index < -0.39 is 17.3 Å². The molecule has 4 nitrogen and oxygen atoms in total. The SMILES string of the molecule is CC1=C(CN2CCC3(CC2)OCC[C@@](C)(O)[C@@H]3O)C(C)(C)CCC1. The van der Waals surface area contributed by atoms with Crippen LogP contribution in [0.15, 0.2) is 11.1 Å². The van der Waals surface area contributed by atoms with Gasteiger partial charge >= 0.3 is 0 Å². The summed E-state index contributed by atoms with van der Waals surface area (Å²) in [5, 5.41) is 21.1. The molecule has 2 aliphatic heterocycles. The molecule has 0 saturated carbocycles. The van der Waals surface area contributed by atoms with Crippen molar-refractivity contribution >= 4 is 0 Å². The maximum absolute atomic E-state index is 10.6. The Hall–Kier alpha value is -0.420. The maximum atomic E-state index is 10.6. The Labute approximate surface area is 146 Å². The third-order valence-electron chi connectivity index (χ3n) is 6.85. The van der Waals surface area contributed by atoms with E-state index in [-0.39, 0.29) is 0 Å². The lowest BCUT2D eigenvalue weighted by molar-refractivity contribution is -0.245. The zero-order chi connectivity index (χ0) is 17.6. The first-order valence-electron chi connectivity index (χ1n) is 9.62. The fourth-order valence-electron chi connectivity index (χ4n) is 5.00. The molecule has 2 heterocycles. The minimum absolute atomic E-state index is 0.308. The fraction of sp³-hybridized carbons (Fsp3) is 0.900. The number of nitrogens with zero attached hydrogens (tertiary/aromatic N) is 1. The van der Waals surface area contributed by atoms with Crippen LogP contribution in [0.1, 0.15) is 66.2 Å². The van der Waals surface area contributed by atoms with Gasteiger partial charge in [0.2, 0.25) is 0 Å². The molecule has 3 aliphatic rings. The van der Waals surface area contributed by atoms with Crippen molar-refractivity contribution < 1.29 is 14.9 Å². The molecule has 2 N–H and O–H groups in total. The molecule has 4 heteroatoms. The van der Waals surface area contributed by atoms with Gasteiger partial charge in [0, 0.05) is 26.1 Å². The lowest BCUT2D eigenvalue weighted by Gasteiger charge is -2.52. The third kappa shape index (κ3) is 3.31. The molecule has 0 amide bonds. The van der Waals surface area contributed by atoms with Crippen molar-refractivity contribution in [3.05, 3.63) is 11.1 Å². The third-order valence-corrected chi connectivity index (χ3v) is 6.85. The van der Waals surface area contributed by atoms with Gasteiger partial charge in [-0.15, -0.1) is 0 Å². The molecule has 0 unspecified atom stereocenters. The summed E-state index contributed by atoms with van der Waals surface area (Å²) in [5.41, 5.74) is 1.92. The minimum Gasteiger partial charge on any atom is -0.387 e. The summed E-state index contributed by atoms with van der Waals surface area (Å²) in [4.78, 5) is 2.51. The first-order valence-corrected chi connectivity index (χ1v) is 9.62. The molecular weight excluding hydrogens is 302 g/mol. The van der Waals surface area contributed by atoms with Crippen molar-refractivity contribution in [2.75, 3.05) is 26.2 Å². The summed E-state index contributed by atoms with van der Waals surface area (Å²) in [5.74, 6) is 0. The van der Waals surface area contributed by atoms with Gasteiger partial charge in [0.05, 0.1) is 17.8 Å². The van der Waals surface area contributed by atoms with E-state index in [1.54, 1.807) is 18.1 Å². The molecule has 138 valence electrons. The van der Waals surface area contributed by atoms with Crippen LogP contribution in [0, 0.1) is 5.41 Å². The lowest BCUT2D eigenvalue weighted by atomic mass is 9.72. The normalized spacial score (nSPS) is 37.0. The van der Waals surface area contributed by atoms with Gasteiger partial charge in [-0.05, 0) is 51.4 Å². The molecule has 0 aromatic heterocycles. The first-order chi connectivity index (χ1) is 11.2. The second-order valence-electron chi connectivity index (χ2n) is 9.20. The summed E-state index contributed by atoms with van der Waals surface area (Å²) >= 11 is 0. The number of ether oxygens (including phenoxy) is 1. The van der Waals surface area contributed by atoms with E-state index in [1.165, 1.54) is 19.3 Å². The van der Waals surface area contributed by atoms with Gasteiger partial charge in [-0.1, -0.05) is 25.0 Å². The Morgan fingerprint density at radius 2 is 1.79 bits per heavy atom. The Morgan fingerprint density at radius 3 is 2.42 bits per heavy atom. The van der Waals surface area contributed by atoms with E-state index in [4.69, 9.17) is 4.74 Å². The second-order valence-corrected chi connectivity index (χ2v) is 9.20. The van der Waals surface area contributed by atoms with Gasteiger partial charge < -0.3 is 14.9 Å². The van der Waals surface area contributed by atoms with Gasteiger partial charge in [-0.3, -0.25) is 4.90 Å². The molecule has 1 aliphatic carbocycles. The van der Waals surface area contributed by atoms with Gasteiger partial charge in [0.15, 0.2) is 0 Å². The molecule has 0 aromatic carbocycles. The van der Waals surface area contributed by atoms with Crippen LogP contribution in [0.25, 0.3) is 0 Å². The van der Waals surface area contributed by atoms with Crippen molar-refractivity contribution in [3.63, 3.8) is 0 Å².